The molecule has 2 heterocycles. The van der Waals surface area contributed by atoms with Crippen molar-refractivity contribution in [1.29, 1.82) is 0 Å². The van der Waals surface area contributed by atoms with Crippen LogP contribution in [-0.4, -0.2) is 142 Å². The van der Waals surface area contributed by atoms with Gasteiger partial charge >= 0.3 is 11.9 Å². The zero-order valence-corrected chi connectivity index (χ0v) is 46.1. The molecule has 0 spiro atoms. The van der Waals surface area contributed by atoms with E-state index in [0.717, 1.165) is 51.4 Å². The van der Waals surface area contributed by atoms with Crippen LogP contribution in [0.1, 0.15) is 232 Å². The summed E-state index contributed by atoms with van der Waals surface area (Å²) >= 11 is 0. The van der Waals surface area contributed by atoms with Crippen LogP contribution in [0.25, 0.3) is 0 Å². The number of esters is 2. The second-order valence-electron chi connectivity index (χ2n) is 20.8. The van der Waals surface area contributed by atoms with E-state index in [0.29, 0.717) is 19.3 Å². The molecule has 0 amide bonds. The molecule has 0 saturated carbocycles. The topological polar surface area (TPSA) is 231 Å². The third-order valence-electron chi connectivity index (χ3n) is 14.1. The van der Waals surface area contributed by atoms with Crippen LogP contribution in [-0.2, 0) is 38.0 Å². The van der Waals surface area contributed by atoms with Crippen molar-refractivity contribution in [2.45, 2.75) is 300 Å². The molecule has 0 aliphatic carbocycles. The van der Waals surface area contributed by atoms with E-state index in [1.165, 1.54) is 135 Å². The van der Waals surface area contributed by atoms with E-state index in [1.54, 1.807) is 0 Å². The highest BCUT2D eigenvalue weighted by molar-refractivity contribution is 5.70. The molecule has 15 heteroatoms. The molecular weight excluding hydrogens is 949 g/mol. The van der Waals surface area contributed by atoms with Gasteiger partial charge in [0.2, 0.25) is 0 Å². The Kier molecular flexibility index (Phi) is 41.9. The van der Waals surface area contributed by atoms with Crippen LogP contribution in [0.15, 0.2) is 36.5 Å². The molecule has 2 rings (SSSR count). The maximum absolute atomic E-state index is 13.0. The number of hydrogen-bond acceptors (Lipinski definition) is 15. The maximum atomic E-state index is 13.0. The summed E-state index contributed by atoms with van der Waals surface area (Å²) in [6.45, 7) is 2.57. The summed E-state index contributed by atoms with van der Waals surface area (Å²) in [6.07, 6.45) is 34.7. The Morgan fingerprint density at radius 2 is 0.797 bits per heavy atom. The van der Waals surface area contributed by atoms with Gasteiger partial charge in [-0.15, -0.1) is 0 Å². The van der Waals surface area contributed by atoms with Gasteiger partial charge in [0.1, 0.15) is 55.4 Å². The average Bonchev–Trinajstić information content (AvgIpc) is 3.39. The SMILES string of the molecule is CCCCCC/C=C/CCCCCCCCCC(=O)O[C@@H](COC(=O)CCC/C=C/CC/C=C/CCCCCCCCCCCCCCCC)CO[C@@H]1O[C@H](CO[C@@H]2O[C@H](CO)[C@H](O)C(O)C2O)[C@H](O)C(O)C1O. The average molecular weight is 1060 g/mol. The molecule has 0 aromatic rings. The summed E-state index contributed by atoms with van der Waals surface area (Å²) in [5, 5.41) is 72.2. The summed E-state index contributed by atoms with van der Waals surface area (Å²) < 4.78 is 33.6. The van der Waals surface area contributed by atoms with Crippen molar-refractivity contribution >= 4 is 11.9 Å². The quantitative estimate of drug-likeness (QED) is 0.0171. The van der Waals surface area contributed by atoms with Gasteiger partial charge in [-0.1, -0.05) is 185 Å². The van der Waals surface area contributed by atoms with Crippen molar-refractivity contribution in [3.63, 3.8) is 0 Å². The highest BCUT2D eigenvalue weighted by Crippen LogP contribution is 2.27. The van der Waals surface area contributed by atoms with Gasteiger partial charge in [-0.25, -0.2) is 0 Å². The van der Waals surface area contributed by atoms with Gasteiger partial charge < -0.3 is 64.2 Å². The minimum atomic E-state index is -1.77. The van der Waals surface area contributed by atoms with E-state index < -0.39 is 99.3 Å². The van der Waals surface area contributed by atoms with Crippen LogP contribution in [0.4, 0.5) is 0 Å². The molecule has 0 aromatic carbocycles. The van der Waals surface area contributed by atoms with Crippen LogP contribution in [0.3, 0.4) is 0 Å². The molecule has 2 fully saturated rings. The first-order chi connectivity index (χ1) is 36.0. The third-order valence-corrected chi connectivity index (χ3v) is 14.1. The fourth-order valence-corrected chi connectivity index (χ4v) is 9.23. The molecule has 7 N–H and O–H groups in total. The van der Waals surface area contributed by atoms with E-state index >= 15 is 0 Å². The summed E-state index contributed by atoms with van der Waals surface area (Å²) in [7, 11) is 0. The van der Waals surface area contributed by atoms with Gasteiger partial charge in [-0.2, -0.15) is 0 Å². The molecule has 432 valence electrons. The van der Waals surface area contributed by atoms with Crippen LogP contribution >= 0.6 is 0 Å². The zero-order valence-electron chi connectivity index (χ0n) is 46.1. The van der Waals surface area contributed by atoms with Gasteiger partial charge in [-0.05, 0) is 70.6 Å². The van der Waals surface area contributed by atoms with Crippen molar-refractivity contribution in [2.24, 2.45) is 0 Å². The van der Waals surface area contributed by atoms with Crippen LogP contribution in [0.5, 0.6) is 0 Å². The molecule has 2 aliphatic heterocycles. The van der Waals surface area contributed by atoms with Crippen molar-refractivity contribution in [3.8, 4) is 0 Å². The molecule has 0 bridgehead atoms. The first-order valence-corrected chi connectivity index (χ1v) is 29.6. The molecule has 74 heavy (non-hydrogen) atoms. The van der Waals surface area contributed by atoms with E-state index in [9.17, 15) is 45.3 Å². The summed E-state index contributed by atoms with van der Waals surface area (Å²) in [4.78, 5) is 25.9. The second kappa shape index (κ2) is 45.7. The Morgan fingerprint density at radius 1 is 0.419 bits per heavy atom. The normalized spacial score (nSPS) is 24.9. The minimum Gasteiger partial charge on any atom is -0.462 e. The standard InChI is InChI=1S/C59H106O15/c1-3-5-7-9-11-13-15-17-19-20-21-22-23-24-25-26-28-29-31-33-35-37-39-41-50(61)69-44-47(72-51(62)42-40-38-36-34-32-30-27-18-16-14-12-10-8-6-4-2)45-70-58-57(68)55(66)53(64)49(74-58)46-71-59-56(67)54(65)52(63)48(43-60)73-59/h14,16,26,28,33,35,47-49,52-60,63-68H,3-13,15,17-25,27,29-32,34,36-46H2,1-2H3/b16-14+,28-26+,35-33+/t47-,48+,49+,52-,53-,54?,55?,56?,57?,58+,59+/m0/s1. The summed E-state index contributed by atoms with van der Waals surface area (Å²) in [6, 6.07) is 0. The van der Waals surface area contributed by atoms with Gasteiger partial charge in [-0.3, -0.25) is 9.59 Å². The molecule has 4 unspecified atom stereocenters. The van der Waals surface area contributed by atoms with Crippen LogP contribution in [0.2, 0.25) is 0 Å². The Bertz CT molecular complexity index is 1430. The number of carbonyl (C=O) groups excluding carboxylic acids is 2. The molecule has 2 saturated heterocycles. The Morgan fingerprint density at radius 3 is 1.28 bits per heavy atom. The highest BCUT2D eigenvalue weighted by atomic mass is 16.7. The number of aliphatic hydroxyl groups is 7. The van der Waals surface area contributed by atoms with Gasteiger partial charge in [0.05, 0.1) is 19.8 Å². The van der Waals surface area contributed by atoms with E-state index in [2.05, 4.69) is 50.3 Å². The molecule has 11 atom stereocenters. The fourth-order valence-electron chi connectivity index (χ4n) is 9.23. The van der Waals surface area contributed by atoms with Gasteiger partial charge in [0.15, 0.2) is 18.7 Å². The fraction of sp³-hybridized carbons (Fsp3) is 0.864. The summed E-state index contributed by atoms with van der Waals surface area (Å²) in [5.74, 6) is -0.973. The predicted octanol–water partition coefficient (Wildman–Crippen LogP) is 10.1. The molecule has 0 radical (unpaired) electrons. The number of aliphatic hydroxyl groups excluding tert-OH is 7. The van der Waals surface area contributed by atoms with E-state index in [-0.39, 0.29) is 19.4 Å². The number of allylic oxidation sites excluding steroid dienone is 6. The van der Waals surface area contributed by atoms with Crippen molar-refractivity contribution in [2.75, 3.05) is 26.4 Å². The second-order valence-corrected chi connectivity index (χ2v) is 20.8. The number of unbranched alkanes of at least 4 members (excludes halogenated alkanes) is 27. The predicted molar refractivity (Wildman–Crippen MR) is 289 cm³/mol. The number of hydrogen-bond donors (Lipinski definition) is 7. The Labute approximate surface area is 446 Å². The lowest BCUT2D eigenvalue weighted by Gasteiger charge is -2.42. The van der Waals surface area contributed by atoms with E-state index in [1.807, 2.05) is 0 Å². The number of carbonyl (C=O) groups is 2. The lowest BCUT2D eigenvalue weighted by molar-refractivity contribution is -0.332. The first-order valence-electron chi connectivity index (χ1n) is 29.6. The largest absolute Gasteiger partial charge is 0.462 e. The lowest BCUT2D eigenvalue weighted by Crippen LogP contribution is -2.61. The number of rotatable bonds is 47. The van der Waals surface area contributed by atoms with Crippen molar-refractivity contribution < 1.29 is 73.8 Å². The Hall–Kier alpha value is -2.28. The Balaban J connectivity index is 1.75. The monoisotopic (exact) mass is 1050 g/mol. The number of ether oxygens (including phenoxy) is 6. The van der Waals surface area contributed by atoms with Crippen LogP contribution < -0.4 is 0 Å². The van der Waals surface area contributed by atoms with Crippen molar-refractivity contribution in [1.82, 2.24) is 0 Å². The van der Waals surface area contributed by atoms with E-state index in [4.69, 9.17) is 28.4 Å². The minimum absolute atomic E-state index is 0.153. The highest BCUT2D eigenvalue weighted by Gasteiger charge is 2.47. The lowest BCUT2D eigenvalue weighted by atomic mass is 9.98. The summed E-state index contributed by atoms with van der Waals surface area (Å²) in [5.41, 5.74) is 0. The third kappa shape index (κ3) is 32.5. The molecule has 2 aliphatic rings. The maximum Gasteiger partial charge on any atom is 0.306 e. The molecule has 15 nitrogen and oxygen atoms in total. The first kappa shape index (κ1) is 67.8. The molecular formula is C59H106O15. The van der Waals surface area contributed by atoms with Gasteiger partial charge in [0.25, 0.3) is 0 Å². The van der Waals surface area contributed by atoms with Crippen molar-refractivity contribution in [3.05, 3.63) is 36.5 Å². The van der Waals surface area contributed by atoms with Gasteiger partial charge in [0, 0.05) is 12.8 Å². The zero-order chi connectivity index (χ0) is 53.9. The van der Waals surface area contributed by atoms with Crippen LogP contribution in [0, 0.1) is 0 Å². The smallest absolute Gasteiger partial charge is 0.306 e. The molecule has 0 aromatic heterocycles.